The number of hydrogen-bond donors (Lipinski definition) is 4. The summed E-state index contributed by atoms with van der Waals surface area (Å²) in [5, 5.41) is 17.4. The molecule has 1 aromatic carbocycles. The molecule has 0 atom stereocenters. The van der Waals surface area contributed by atoms with Gasteiger partial charge < -0.3 is 15.5 Å². The Balaban J connectivity index is 1.01. The lowest BCUT2D eigenvalue weighted by Gasteiger charge is -2.35. The number of anilines is 6. The topological polar surface area (TPSA) is 191 Å². The van der Waals surface area contributed by atoms with E-state index in [4.69, 9.17) is 0 Å². The Morgan fingerprint density at radius 3 is 2.38 bits per heavy atom. The Morgan fingerprint density at radius 2 is 1.70 bits per heavy atom. The van der Waals surface area contributed by atoms with Crippen molar-refractivity contribution in [3.63, 3.8) is 0 Å². The van der Waals surface area contributed by atoms with Crippen LogP contribution in [0.2, 0.25) is 0 Å². The van der Waals surface area contributed by atoms with Crippen LogP contribution < -0.4 is 30.5 Å². The normalized spacial score (nSPS) is 15.9. The van der Waals surface area contributed by atoms with E-state index in [0.29, 0.717) is 42.0 Å². The third-order valence-corrected chi connectivity index (χ3v) is 9.72. The maximum absolute atomic E-state index is 12.8. The van der Waals surface area contributed by atoms with Crippen molar-refractivity contribution in [2.75, 3.05) is 53.2 Å². The molecule has 16 nitrogen and oxygen atoms in total. The Kier molecular flexibility index (Phi) is 9.90. The number of imide groups is 1. The largest absolute Gasteiger partial charge is 0.353 e. The van der Waals surface area contributed by atoms with E-state index in [1.807, 2.05) is 31.2 Å². The molecule has 5 heterocycles. The van der Waals surface area contributed by atoms with Crippen LogP contribution in [0.1, 0.15) is 38.4 Å². The summed E-state index contributed by atoms with van der Waals surface area (Å²) in [6.45, 7) is 11.4. The fraction of sp³-hybridized carbons (Fsp3) is 0.364. The number of carbonyl (C=O) groups is 2. The molecule has 262 valence electrons. The third kappa shape index (κ3) is 8.66. The summed E-state index contributed by atoms with van der Waals surface area (Å²) in [7, 11) is -3.70. The Labute approximate surface area is 290 Å². The van der Waals surface area contributed by atoms with Crippen molar-refractivity contribution in [1.29, 1.82) is 0 Å². The summed E-state index contributed by atoms with van der Waals surface area (Å²) < 4.78 is 28.3. The number of hydrogen-bond acceptors (Lipinski definition) is 13. The molecule has 6 rings (SSSR count). The molecule has 2 aliphatic rings. The number of urea groups is 1. The number of carbonyl (C=O) groups excluding carboxylic acids is 2. The van der Waals surface area contributed by atoms with E-state index >= 15 is 0 Å². The number of rotatable bonds is 10. The molecule has 2 aliphatic heterocycles. The van der Waals surface area contributed by atoms with Crippen LogP contribution in [0.3, 0.4) is 0 Å². The number of pyridine rings is 1. The van der Waals surface area contributed by atoms with Gasteiger partial charge in [-0.15, -0.1) is 10.2 Å². The first kappa shape index (κ1) is 34.6. The quantitative estimate of drug-likeness (QED) is 0.189. The lowest BCUT2D eigenvalue weighted by atomic mass is 10.1. The number of aryl methyl sites for hydroxylation is 1. The molecule has 0 spiro atoms. The van der Waals surface area contributed by atoms with Crippen LogP contribution in [0.25, 0.3) is 0 Å². The average Bonchev–Trinajstić information content (AvgIpc) is 3.07. The molecule has 17 heteroatoms. The van der Waals surface area contributed by atoms with E-state index < -0.39 is 21.6 Å². The van der Waals surface area contributed by atoms with Crippen LogP contribution in [0.15, 0.2) is 65.8 Å². The monoisotopic (exact) mass is 700 g/mol. The zero-order valence-corrected chi connectivity index (χ0v) is 29.2. The van der Waals surface area contributed by atoms with Crippen LogP contribution in [0.5, 0.6) is 0 Å². The van der Waals surface area contributed by atoms with Crippen molar-refractivity contribution >= 4 is 56.7 Å². The SMILES string of the molecule is Cc1cnc(Nc2ccc(N3CCN(Cc4ccc(N5CCC(=O)NC5=O)cn4)CC3)nn2)nc1Nc1cccc(S(=O)(=O)NC(C)(C)C)c1. The molecule has 4 N–H and O–H groups in total. The van der Waals surface area contributed by atoms with Crippen LogP contribution in [-0.4, -0.2) is 88.7 Å². The zero-order chi connectivity index (χ0) is 35.5. The Bertz CT molecular complexity index is 1960. The molecule has 50 heavy (non-hydrogen) atoms. The Hall–Kier alpha value is -5.26. The summed E-state index contributed by atoms with van der Waals surface area (Å²) in [6, 6.07) is 13.6. The molecule has 0 radical (unpaired) electrons. The number of nitrogens with zero attached hydrogens (tertiary/aromatic N) is 8. The van der Waals surface area contributed by atoms with Crippen LogP contribution in [0.4, 0.5) is 39.6 Å². The van der Waals surface area contributed by atoms with E-state index in [1.165, 1.54) is 4.90 Å². The molecular formula is C33H40N12O4S. The second-order valence-corrected chi connectivity index (χ2v) is 14.8. The van der Waals surface area contributed by atoms with E-state index in [0.717, 1.165) is 43.3 Å². The van der Waals surface area contributed by atoms with Crippen molar-refractivity contribution in [2.45, 2.75) is 51.1 Å². The van der Waals surface area contributed by atoms with Gasteiger partial charge in [-0.05, 0) is 70.2 Å². The molecule has 0 unspecified atom stereocenters. The predicted octanol–water partition coefficient (Wildman–Crippen LogP) is 3.30. The van der Waals surface area contributed by atoms with Gasteiger partial charge in [-0.3, -0.25) is 24.9 Å². The van der Waals surface area contributed by atoms with Gasteiger partial charge in [-0.25, -0.2) is 22.9 Å². The number of benzene rings is 1. The van der Waals surface area contributed by atoms with E-state index in [-0.39, 0.29) is 17.2 Å². The highest BCUT2D eigenvalue weighted by Gasteiger charge is 2.25. The molecule has 2 fully saturated rings. The van der Waals surface area contributed by atoms with Crippen molar-refractivity contribution in [1.82, 2.24) is 40.1 Å². The van der Waals surface area contributed by atoms with Crippen molar-refractivity contribution in [2.24, 2.45) is 0 Å². The second kappa shape index (κ2) is 14.3. The number of piperazine rings is 1. The van der Waals surface area contributed by atoms with Gasteiger partial charge in [0.15, 0.2) is 11.6 Å². The summed E-state index contributed by atoms with van der Waals surface area (Å²) in [5.41, 5.74) is 2.29. The van der Waals surface area contributed by atoms with E-state index in [2.05, 4.69) is 55.6 Å². The fourth-order valence-electron chi connectivity index (χ4n) is 5.49. The van der Waals surface area contributed by atoms with Crippen molar-refractivity contribution < 1.29 is 18.0 Å². The lowest BCUT2D eigenvalue weighted by molar-refractivity contribution is -0.120. The zero-order valence-electron chi connectivity index (χ0n) is 28.3. The standard InChI is InChI=1S/C33H40N12O4S/c1-22-19-35-31(39-30(22)36-23-6-5-7-26(18-23)50(48,49)42-33(2,3)4)37-27-10-11-28(41-40-27)44-16-14-43(15-17-44)21-24-8-9-25(20-34-24)45-13-12-29(46)38-32(45)47/h5-11,18-20,42H,12-17,21H2,1-4H3,(H,38,46,47)(H2,35,36,37,39,40). The van der Waals surface area contributed by atoms with Crippen LogP contribution in [0, 0.1) is 6.92 Å². The molecule has 0 bridgehead atoms. The first-order valence-corrected chi connectivity index (χ1v) is 17.7. The fourth-order valence-corrected chi connectivity index (χ4v) is 6.95. The first-order valence-electron chi connectivity index (χ1n) is 16.2. The molecule has 3 aromatic heterocycles. The molecule has 2 saturated heterocycles. The van der Waals surface area contributed by atoms with Crippen LogP contribution in [-0.2, 0) is 21.4 Å². The maximum Gasteiger partial charge on any atom is 0.328 e. The third-order valence-electron chi connectivity index (χ3n) is 7.97. The minimum atomic E-state index is -3.70. The van der Waals surface area contributed by atoms with Gasteiger partial charge in [0, 0.05) is 68.7 Å². The van der Waals surface area contributed by atoms with Crippen molar-refractivity contribution in [3.05, 3.63) is 72.2 Å². The highest BCUT2D eigenvalue weighted by Crippen LogP contribution is 2.24. The number of nitrogens with one attached hydrogen (secondary N) is 4. The second-order valence-electron chi connectivity index (χ2n) is 13.2. The number of amides is 3. The minimum Gasteiger partial charge on any atom is -0.353 e. The molecular weight excluding hydrogens is 661 g/mol. The van der Waals surface area contributed by atoms with Crippen LogP contribution >= 0.6 is 0 Å². The highest BCUT2D eigenvalue weighted by atomic mass is 32.2. The van der Waals surface area contributed by atoms with Gasteiger partial charge in [-0.1, -0.05) is 6.07 Å². The van der Waals surface area contributed by atoms with Gasteiger partial charge in [-0.2, -0.15) is 4.98 Å². The highest BCUT2D eigenvalue weighted by molar-refractivity contribution is 7.89. The van der Waals surface area contributed by atoms with Gasteiger partial charge >= 0.3 is 6.03 Å². The summed E-state index contributed by atoms with van der Waals surface area (Å²) in [6.07, 6.45) is 3.61. The molecule has 4 aromatic rings. The summed E-state index contributed by atoms with van der Waals surface area (Å²) in [5.74, 6) is 1.80. The van der Waals surface area contributed by atoms with Gasteiger partial charge in [0.2, 0.25) is 21.9 Å². The molecule has 3 amide bonds. The van der Waals surface area contributed by atoms with E-state index in [9.17, 15) is 18.0 Å². The molecule has 0 saturated carbocycles. The van der Waals surface area contributed by atoms with Gasteiger partial charge in [0.25, 0.3) is 0 Å². The van der Waals surface area contributed by atoms with Crippen molar-refractivity contribution in [3.8, 4) is 0 Å². The van der Waals surface area contributed by atoms with Gasteiger partial charge in [0.1, 0.15) is 5.82 Å². The average molecular weight is 701 g/mol. The first-order chi connectivity index (χ1) is 23.8. The summed E-state index contributed by atoms with van der Waals surface area (Å²) in [4.78, 5) is 43.2. The summed E-state index contributed by atoms with van der Waals surface area (Å²) >= 11 is 0. The predicted molar refractivity (Wildman–Crippen MR) is 189 cm³/mol. The molecule has 0 aliphatic carbocycles. The lowest BCUT2D eigenvalue weighted by Crippen LogP contribution is -2.49. The minimum absolute atomic E-state index is 0.146. The van der Waals surface area contributed by atoms with E-state index in [1.54, 1.807) is 57.4 Å². The Morgan fingerprint density at radius 1 is 0.900 bits per heavy atom. The maximum atomic E-state index is 12.8. The smallest absolute Gasteiger partial charge is 0.328 e. The van der Waals surface area contributed by atoms with Gasteiger partial charge in [0.05, 0.1) is 22.5 Å². The number of aromatic nitrogens is 5. The number of sulfonamides is 1.